The number of hydrogen-bond acceptors (Lipinski definition) is 6. The minimum absolute atomic E-state index is 0.0307. The highest BCUT2D eigenvalue weighted by Gasteiger charge is 2.36. The van der Waals surface area contributed by atoms with Crippen LogP contribution in [0.4, 0.5) is 14.5 Å². The Morgan fingerprint density at radius 1 is 1.29 bits per heavy atom. The molecule has 1 aliphatic heterocycles. The molecule has 1 heterocycles. The normalized spacial score (nSPS) is 24.5. The van der Waals surface area contributed by atoms with Crippen LogP contribution in [0.25, 0.3) is 0 Å². The van der Waals surface area contributed by atoms with Crippen LogP contribution in [0.15, 0.2) is 52.5 Å². The average molecular weight is 433 g/mol. The van der Waals surface area contributed by atoms with Gasteiger partial charge in [-0.25, -0.2) is 18.8 Å². The highest BCUT2D eigenvalue weighted by atomic mass is 19.1. The van der Waals surface area contributed by atoms with Gasteiger partial charge in [-0.3, -0.25) is 4.90 Å². The molecule has 3 rings (SSSR count). The zero-order valence-electron chi connectivity index (χ0n) is 18.1. The maximum atomic E-state index is 14.3. The van der Waals surface area contributed by atoms with E-state index in [4.69, 9.17) is 5.73 Å². The molecule has 168 valence electrons. The number of aliphatic imine (C=N–C) groups is 2. The molecule has 0 saturated heterocycles. The zero-order valence-corrected chi connectivity index (χ0v) is 18.1. The van der Waals surface area contributed by atoms with Gasteiger partial charge in [0.2, 0.25) is 5.96 Å². The van der Waals surface area contributed by atoms with Crippen molar-refractivity contribution >= 4 is 17.5 Å². The molecular formula is C22H30F2N6O. The molecule has 31 heavy (non-hydrogen) atoms. The summed E-state index contributed by atoms with van der Waals surface area (Å²) in [6, 6.07) is 3.27. The van der Waals surface area contributed by atoms with Gasteiger partial charge in [0, 0.05) is 23.8 Å². The molecular weight excluding hydrogens is 402 g/mol. The van der Waals surface area contributed by atoms with E-state index < -0.39 is 11.6 Å². The highest BCUT2D eigenvalue weighted by molar-refractivity contribution is 6.18. The van der Waals surface area contributed by atoms with Gasteiger partial charge in [-0.05, 0) is 58.6 Å². The predicted molar refractivity (Wildman–Crippen MR) is 119 cm³/mol. The molecule has 0 atom stereocenters. The summed E-state index contributed by atoms with van der Waals surface area (Å²) < 4.78 is 27.6. The number of benzene rings is 1. The predicted octanol–water partition coefficient (Wildman–Crippen LogP) is 3.41. The minimum atomic E-state index is -0.732. The number of anilines is 1. The van der Waals surface area contributed by atoms with Crippen LogP contribution in [0.1, 0.15) is 46.5 Å². The molecule has 2 aliphatic rings. The molecule has 1 aromatic carbocycles. The first-order valence-electron chi connectivity index (χ1n) is 10.3. The fraction of sp³-hybridized carbons (Fsp3) is 0.455. The van der Waals surface area contributed by atoms with Gasteiger partial charge in [-0.15, -0.1) is 0 Å². The van der Waals surface area contributed by atoms with Crippen molar-refractivity contribution in [2.24, 2.45) is 15.7 Å². The molecule has 0 radical (unpaired) electrons. The summed E-state index contributed by atoms with van der Waals surface area (Å²) in [5.74, 6) is -0.137. The van der Waals surface area contributed by atoms with Crippen molar-refractivity contribution in [3.05, 3.63) is 54.1 Å². The summed E-state index contributed by atoms with van der Waals surface area (Å²) in [5, 5.41) is 16.1. The van der Waals surface area contributed by atoms with Gasteiger partial charge in [-0.2, -0.15) is 0 Å². The topological polar surface area (TPSA) is 98.3 Å². The van der Waals surface area contributed by atoms with E-state index in [0.29, 0.717) is 49.0 Å². The van der Waals surface area contributed by atoms with Gasteiger partial charge in [-0.1, -0.05) is 6.58 Å². The van der Waals surface area contributed by atoms with E-state index in [1.165, 1.54) is 18.3 Å². The maximum Gasteiger partial charge on any atom is 0.210 e. The van der Waals surface area contributed by atoms with Gasteiger partial charge in [0.15, 0.2) is 5.84 Å². The van der Waals surface area contributed by atoms with E-state index in [0.717, 1.165) is 6.07 Å². The first-order valence-corrected chi connectivity index (χ1v) is 10.3. The number of aliphatic hydroxyl groups is 1. The van der Waals surface area contributed by atoms with Crippen LogP contribution >= 0.6 is 0 Å². The van der Waals surface area contributed by atoms with E-state index >= 15 is 0 Å². The smallest absolute Gasteiger partial charge is 0.210 e. The van der Waals surface area contributed by atoms with Gasteiger partial charge < -0.3 is 21.5 Å². The molecule has 7 nitrogen and oxygen atoms in total. The third-order valence-electron chi connectivity index (χ3n) is 5.04. The lowest BCUT2D eigenvalue weighted by Gasteiger charge is -2.35. The molecule has 0 aromatic heterocycles. The zero-order chi connectivity index (χ0) is 22.8. The van der Waals surface area contributed by atoms with Crippen LogP contribution in [0, 0.1) is 11.6 Å². The molecule has 0 spiro atoms. The Balaban J connectivity index is 1.97. The van der Waals surface area contributed by atoms with Crippen LogP contribution in [0.2, 0.25) is 0 Å². The summed E-state index contributed by atoms with van der Waals surface area (Å²) in [6.07, 6.45) is 3.66. The Bertz CT molecular complexity index is 926. The van der Waals surface area contributed by atoms with Crippen molar-refractivity contribution < 1.29 is 13.9 Å². The first kappa shape index (κ1) is 22.7. The third-order valence-corrected chi connectivity index (χ3v) is 5.04. The highest BCUT2D eigenvalue weighted by Crippen LogP contribution is 2.30. The van der Waals surface area contributed by atoms with E-state index in [1.54, 1.807) is 0 Å². The third kappa shape index (κ3) is 5.61. The summed E-state index contributed by atoms with van der Waals surface area (Å²) >= 11 is 0. The molecule has 0 bridgehead atoms. The van der Waals surface area contributed by atoms with E-state index in [-0.39, 0.29) is 23.4 Å². The van der Waals surface area contributed by atoms with Crippen molar-refractivity contribution in [3.8, 4) is 0 Å². The van der Waals surface area contributed by atoms with Crippen LogP contribution in [-0.4, -0.2) is 39.5 Å². The number of guanidine groups is 1. The summed E-state index contributed by atoms with van der Waals surface area (Å²) in [5.41, 5.74) is 6.08. The molecule has 9 heteroatoms. The van der Waals surface area contributed by atoms with Crippen LogP contribution in [0.5, 0.6) is 0 Å². The molecule has 0 unspecified atom stereocenters. The van der Waals surface area contributed by atoms with E-state index in [1.807, 2.05) is 25.7 Å². The molecule has 1 fully saturated rings. The van der Waals surface area contributed by atoms with Crippen molar-refractivity contribution in [2.45, 2.75) is 64.1 Å². The van der Waals surface area contributed by atoms with Gasteiger partial charge in [0.05, 0.1) is 11.8 Å². The van der Waals surface area contributed by atoms with E-state index in [2.05, 4.69) is 27.2 Å². The fourth-order valence-electron chi connectivity index (χ4n) is 3.72. The molecule has 0 amide bonds. The number of nitrogens with two attached hydrogens (primary N) is 1. The second-order valence-electron chi connectivity index (χ2n) is 8.83. The van der Waals surface area contributed by atoms with Crippen LogP contribution in [0.3, 0.4) is 0 Å². The Labute approximate surface area is 181 Å². The number of nitrogens with one attached hydrogen (secondary N) is 2. The minimum Gasteiger partial charge on any atom is -0.403 e. The van der Waals surface area contributed by atoms with Crippen molar-refractivity contribution in [2.75, 3.05) is 5.32 Å². The number of amidine groups is 1. The van der Waals surface area contributed by atoms with Crippen molar-refractivity contribution in [1.29, 1.82) is 0 Å². The van der Waals surface area contributed by atoms with Crippen molar-refractivity contribution in [1.82, 2.24) is 10.2 Å². The van der Waals surface area contributed by atoms with Crippen molar-refractivity contribution in [3.63, 3.8) is 0 Å². The number of nitrogens with zero attached hydrogens (tertiary/aromatic N) is 3. The maximum absolute atomic E-state index is 14.3. The Morgan fingerprint density at radius 2 is 1.97 bits per heavy atom. The molecule has 5 N–H and O–H groups in total. The second kappa shape index (κ2) is 9.05. The lowest BCUT2D eigenvalue weighted by molar-refractivity contribution is 0.109. The van der Waals surface area contributed by atoms with E-state index in [9.17, 15) is 13.9 Å². The second-order valence-corrected chi connectivity index (χ2v) is 8.83. The quantitative estimate of drug-likeness (QED) is 0.585. The molecule has 1 aliphatic carbocycles. The number of aliphatic hydroxyl groups excluding tert-OH is 1. The Morgan fingerprint density at radius 3 is 2.55 bits per heavy atom. The number of hydrogen-bond donors (Lipinski definition) is 4. The standard InChI is InChI=1S/C22H30F2N6O/c1-13(29-22(2,3)4)26-20-19(12-25)28-21(27-18-10-5-14(23)11-17(18)24)30(20)15-6-8-16(31)9-7-15/h5,10-12,15-16,29,31H,1,6-9,25H2,2-4H3,(H,27,28)/b19-12+,26-20+/t15-,16+. The lowest BCUT2D eigenvalue weighted by Crippen LogP contribution is -2.47. The Kier molecular flexibility index (Phi) is 6.64. The van der Waals surface area contributed by atoms with Crippen LogP contribution < -0.4 is 16.4 Å². The van der Waals surface area contributed by atoms with Gasteiger partial charge in [0.25, 0.3) is 0 Å². The lowest BCUT2D eigenvalue weighted by atomic mass is 9.92. The summed E-state index contributed by atoms with van der Waals surface area (Å²) in [6.45, 7) is 9.97. The molecule has 1 aromatic rings. The SMILES string of the molecule is C=C(/N=C1\C(=C/N)N=C(Nc2ccc(F)cc2F)N1[C@H]1CC[C@@H](O)CC1)NC(C)(C)C. The van der Waals surface area contributed by atoms with Crippen LogP contribution in [-0.2, 0) is 0 Å². The molecule has 1 saturated carbocycles. The number of halogens is 2. The average Bonchev–Trinajstić information content (AvgIpc) is 3.00. The largest absolute Gasteiger partial charge is 0.403 e. The Hall–Kier alpha value is -2.94. The van der Waals surface area contributed by atoms with Gasteiger partial charge in [0.1, 0.15) is 23.2 Å². The fourth-order valence-corrected chi connectivity index (χ4v) is 3.72. The summed E-state index contributed by atoms with van der Waals surface area (Å²) in [7, 11) is 0. The summed E-state index contributed by atoms with van der Waals surface area (Å²) in [4.78, 5) is 11.0. The monoisotopic (exact) mass is 432 g/mol. The number of rotatable bonds is 4. The first-order chi connectivity index (χ1) is 14.6. The van der Waals surface area contributed by atoms with Gasteiger partial charge >= 0.3 is 0 Å².